The average Bonchev–Trinajstić information content (AvgIpc) is 2.90. The largest absolute Gasteiger partial charge is 0.280 e. The maximum atomic E-state index is 12.5. The van der Waals surface area contributed by atoms with Crippen LogP contribution in [0.15, 0.2) is 67.8 Å². The van der Waals surface area contributed by atoms with Gasteiger partial charge < -0.3 is 0 Å². The summed E-state index contributed by atoms with van der Waals surface area (Å²) in [5.41, 5.74) is 0.269. The van der Waals surface area contributed by atoms with E-state index in [1.807, 2.05) is 0 Å². The second-order valence-electron chi connectivity index (χ2n) is 6.33. The predicted octanol–water partition coefficient (Wildman–Crippen LogP) is 3.50. The first kappa shape index (κ1) is 20.8. The van der Waals surface area contributed by atoms with Gasteiger partial charge in [0.15, 0.2) is 0 Å². The number of nitrogens with zero attached hydrogens (tertiary/aromatic N) is 1. The number of benzene rings is 2. The Kier molecular flexibility index (Phi) is 6.41. The average molecular weight is 486 g/mol. The van der Waals surface area contributed by atoms with Crippen molar-refractivity contribution in [3.05, 3.63) is 53.0 Å². The van der Waals surface area contributed by atoms with Crippen LogP contribution in [0.25, 0.3) is 0 Å². The molecule has 10 heteroatoms. The lowest BCUT2D eigenvalue weighted by atomic mass is 10.2. The molecule has 2 N–H and O–H groups in total. The van der Waals surface area contributed by atoms with Crippen molar-refractivity contribution in [1.29, 1.82) is 0 Å². The fourth-order valence-electron chi connectivity index (χ4n) is 2.72. The maximum Gasteiger partial charge on any atom is 0.262 e. The van der Waals surface area contributed by atoms with Gasteiger partial charge in [0.25, 0.3) is 20.0 Å². The molecule has 28 heavy (non-hydrogen) atoms. The second-order valence-corrected chi connectivity index (χ2v) is 10.6. The highest BCUT2D eigenvalue weighted by Crippen LogP contribution is 2.21. The molecule has 0 amide bonds. The maximum absolute atomic E-state index is 12.5. The Balaban J connectivity index is 1.75. The molecule has 0 spiro atoms. The minimum absolute atomic E-state index is 0.0462. The van der Waals surface area contributed by atoms with Crippen molar-refractivity contribution in [2.75, 3.05) is 11.3 Å². The van der Waals surface area contributed by atoms with Crippen molar-refractivity contribution in [1.82, 2.24) is 4.72 Å². The van der Waals surface area contributed by atoms with Gasteiger partial charge in [-0.15, -0.1) is 0 Å². The summed E-state index contributed by atoms with van der Waals surface area (Å²) in [6.07, 6.45) is 3.49. The molecule has 7 nitrogen and oxygen atoms in total. The van der Waals surface area contributed by atoms with Crippen molar-refractivity contribution >= 4 is 47.5 Å². The third-order valence-electron chi connectivity index (χ3n) is 4.15. The molecule has 1 aliphatic rings. The Hall–Kier alpha value is -1.91. The topological polar surface area (TPSA) is 105 Å². The number of hydrogen-bond donors (Lipinski definition) is 2. The fourth-order valence-corrected chi connectivity index (χ4v) is 5.47. The zero-order valence-electron chi connectivity index (χ0n) is 14.9. The zero-order chi connectivity index (χ0) is 20.2. The van der Waals surface area contributed by atoms with Gasteiger partial charge in [-0.05, 0) is 55.3 Å². The summed E-state index contributed by atoms with van der Waals surface area (Å²) in [6, 6.07) is 11.9. The first-order valence-electron chi connectivity index (χ1n) is 8.71. The quantitative estimate of drug-likeness (QED) is 0.675. The molecular formula is C18H20BrN3O4S2. The third kappa shape index (κ3) is 5.33. The molecule has 2 aromatic rings. The van der Waals surface area contributed by atoms with Crippen LogP contribution in [-0.4, -0.2) is 29.2 Å². The van der Waals surface area contributed by atoms with E-state index >= 15 is 0 Å². The summed E-state index contributed by atoms with van der Waals surface area (Å²) < 4.78 is 55.6. The highest BCUT2D eigenvalue weighted by molar-refractivity contribution is 9.10. The SMILES string of the molecule is O=S(=O)(NC1=NCCCCC1)c1ccc(NS(=O)(=O)c2cccc(Br)c2)cc1. The van der Waals surface area contributed by atoms with E-state index in [1.165, 1.54) is 36.4 Å². The van der Waals surface area contributed by atoms with Crippen LogP contribution in [0.1, 0.15) is 25.7 Å². The van der Waals surface area contributed by atoms with Gasteiger partial charge in [0.2, 0.25) is 0 Å². The molecule has 0 saturated carbocycles. The summed E-state index contributed by atoms with van der Waals surface area (Å²) in [5, 5.41) is 0. The molecule has 0 unspecified atom stereocenters. The van der Waals surface area contributed by atoms with Gasteiger partial charge in [-0.25, -0.2) is 16.8 Å². The number of sulfonamides is 2. The van der Waals surface area contributed by atoms with Gasteiger partial charge in [0.1, 0.15) is 5.84 Å². The van der Waals surface area contributed by atoms with Crippen molar-refractivity contribution < 1.29 is 16.8 Å². The van der Waals surface area contributed by atoms with Gasteiger partial charge in [0.05, 0.1) is 9.79 Å². The Bertz CT molecular complexity index is 1080. The number of amidine groups is 1. The summed E-state index contributed by atoms with van der Waals surface area (Å²) in [4.78, 5) is 4.42. The standard InChI is InChI=1S/C18H20BrN3O4S2/c19-14-5-4-6-17(13-14)28(25,26)21-15-8-10-16(11-9-15)27(23,24)22-18-7-2-1-3-12-20-18/h4-6,8-11,13,21H,1-3,7,12H2,(H,20,22). The van der Waals surface area contributed by atoms with Crippen LogP contribution in [0.3, 0.4) is 0 Å². The minimum Gasteiger partial charge on any atom is -0.280 e. The second kappa shape index (κ2) is 8.62. The van der Waals surface area contributed by atoms with Crippen LogP contribution in [0.2, 0.25) is 0 Å². The van der Waals surface area contributed by atoms with Crippen LogP contribution in [-0.2, 0) is 20.0 Å². The Morgan fingerprint density at radius 1 is 0.821 bits per heavy atom. The first-order valence-corrected chi connectivity index (χ1v) is 12.5. The molecule has 1 aliphatic heterocycles. The Morgan fingerprint density at radius 3 is 2.25 bits per heavy atom. The summed E-state index contributed by atoms with van der Waals surface area (Å²) >= 11 is 3.24. The normalized spacial score (nSPS) is 15.4. The molecule has 0 aliphatic carbocycles. The van der Waals surface area contributed by atoms with E-state index in [0.29, 0.717) is 23.3 Å². The molecule has 0 atom stereocenters. The molecular weight excluding hydrogens is 466 g/mol. The number of hydrogen-bond acceptors (Lipinski definition) is 5. The number of nitrogens with one attached hydrogen (secondary N) is 2. The molecule has 150 valence electrons. The van der Waals surface area contributed by atoms with Crippen LogP contribution >= 0.6 is 15.9 Å². The lowest BCUT2D eigenvalue weighted by Crippen LogP contribution is -2.30. The Labute approximate surface area is 173 Å². The molecule has 0 saturated heterocycles. The summed E-state index contributed by atoms with van der Waals surface area (Å²) in [6.45, 7) is 0.619. The number of anilines is 1. The van der Waals surface area contributed by atoms with Crippen molar-refractivity contribution in [3.8, 4) is 0 Å². The van der Waals surface area contributed by atoms with E-state index < -0.39 is 20.0 Å². The Morgan fingerprint density at radius 2 is 1.54 bits per heavy atom. The van der Waals surface area contributed by atoms with Gasteiger partial charge in [-0.1, -0.05) is 28.4 Å². The molecule has 0 fully saturated rings. The van der Waals surface area contributed by atoms with E-state index in [4.69, 9.17) is 0 Å². The fraction of sp³-hybridized carbons (Fsp3) is 0.278. The smallest absolute Gasteiger partial charge is 0.262 e. The first-order chi connectivity index (χ1) is 13.3. The molecule has 2 aromatic carbocycles. The third-order valence-corrected chi connectivity index (χ3v) is 7.42. The predicted molar refractivity (Wildman–Crippen MR) is 112 cm³/mol. The van der Waals surface area contributed by atoms with E-state index in [2.05, 4.69) is 30.4 Å². The lowest BCUT2D eigenvalue weighted by Gasteiger charge is -2.11. The van der Waals surface area contributed by atoms with Gasteiger partial charge in [-0.2, -0.15) is 0 Å². The van der Waals surface area contributed by atoms with E-state index in [0.717, 1.165) is 19.3 Å². The number of halogens is 1. The molecule has 1 heterocycles. The minimum atomic E-state index is -3.78. The monoisotopic (exact) mass is 485 g/mol. The van der Waals surface area contributed by atoms with Gasteiger partial charge >= 0.3 is 0 Å². The number of aliphatic imine (C=N–C) groups is 1. The van der Waals surface area contributed by atoms with Crippen LogP contribution in [0, 0.1) is 0 Å². The highest BCUT2D eigenvalue weighted by atomic mass is 79.9. The van der Waals surface area contributed by atoms with Crippen LogP contribution < -0.4 is 9.44 Å². The number of rotatable bonds is 5. The molecule has 0 radical (unpaired) electrons. The highest BCUT2D eigenvalue weighted by Gasteiger charge is 2.18. The van der Waals surface area contributed by atoms with Crippen molar-refractivity contribution in [2.24, 2.45) is 4.99 Å². The van der Waals surface area contributed by atoms with Gasteiger partial charge in [0, 0.05) is 23.1 Å². The summed E-state index contributed by atoms with van der Waals surface area (Å²) in [5.74, 6) is 0.469. The van der Waals surface area contributed by atoms with Gasteiger partial charge in [-0.3, -0.25) is 14.4 Å². The molecule has 0 aromatic heterocycles. The summed E-state index contributed by atoms with van der Waals surface area (Å²) in [7, 11) is -7.53. The molecule has 3 rings (SSSR count). The van der Waals surface area contributed by atoms with Crippen molar-refractivity contribution in [3.63, 3.8) is 0 Å². The van der Waals surface area contributed by atoms with Crippen LogP contribution in [0.5, 0.6) is 0 Å². The van der Waals surface area contributed by atoms with E-state index in [1.54, 1.807) is 12.1 Å². The van der Waals surface area contributed by atoms with E-state index in [-0.39, 0.29) is 15.5 Å². The van der Waals surface area contributed by atoms with Crippen molar-refractivity contribution in [2.45, 2.75) is 35.5 Å². The molecule has 0 bridgehead atoms. The lowest BCUT2D eigenvalue weighted by molar-refractivity contribution is 0.591. The van der Waals surface area contributed by atoms with E-state index in [9.17, 15) is 16.8 Å². The zero-order valence-corrected chi connectivity index (χ0v) is 18.1. The van der Waals surface area contributed by atoms with Crippen LogP contribution in [0.4, 0.5) is 5.69 Å².